The van der Waals surface area contributed by atoms with Gasteiger partial charge in [-0.05, 0) is 25.7 Å². The molecule has 0 aromatic carbocycles. The molecule has 0 bridgehead atoms. The van der Waals surface area contributed by atoms with Crippen LogP contribution < -0.4 is 24.8 Å². The molecule has 0 spiro atoms. The van der Waals surface area contributed by atoms with Gasteiger partial charge in [0.05, 0.1) is 0 Å². The third-order valence-electron chi connectivity index (χ3n) is 1.37. The van der Waals surface area contributed by atoms with Crippen LogP contribution in [0.4, 0.5) is 0 Å². The van der Waals surface area contributed by atoms with Gasteiger partial charge in [0, 0.05) is 0 Å². The summed E-state index contributed by atoms with van der Waals surface area (Å²) in [5.74, 6) is 0. The van der Waals surface area contributed by atoms with Gasteiger partial charge in [0.15, 0.2) is 0 Å². The fourth-order valence-corrected chi connectivity index (χ4v) is 0.874. The van der Waals surface area contributed by atoms with E-state index >= 15 is 0 Å². The number of halogens is 2. The van der Waals surface area contributed by atoms with Gasteiger partial charge in [-0.1, -0.05) is 24.3 Å². The summed E-state index contributed by atoms with van der Waals surface area (Å²) < 4.78 is 0. The number of rotatable bonds is 0. The maximum absolute atomic E-state index is 2.23. The van der Waals surface area contributed by atoms with E-state index in [4.69, 9.17) is 0 Å². The molecule has 0 heterocycles. The van der Waals surface area contributed by atoms with Gasteiger partial charge in [0.2, 0.25) is 0 Å². The van der Waals surface area contributed by atoms with Crippen molar-refractivity contribution in [2.24, 2.45) is 0 Å². The topological polar surface area (TPSA) is 0 Å². The van der Waals surface area contributed by atoms with E-state index in [9.17, 15) is 0 Å². The van der Waals surface area contributed by atoms with Gasteiger partial charge in [-0.3, -0.25) is 0 Å². The average Bonchev–Trinajstić information content (AvgIpc) is 1.62. The molecule has 0 radical (unpaired) electrons. The molecular weight excluding hydrogens is 273 g/mol. The van der Waals surface area contributed by atoms with Gasteiger partial charge in [0.1, 0.15) is 0 Å². The van der Waals surface area contributed by atoms with Gasteiger partial charge >= 0.3 is 20.4 Å². The van der Waals surface area contributed by atoms with E-state index in [1.807, 2.05) is 0 Å². The van der Waals surface area contributed by atoms with E-state index in [2.05, 4.69) is 24.3 Å². The zero-order valence-corrected chi connectivity index (χ0v) is 9.28. The molecule has 0 N–H and O–H groups in total. The quantitative estimate of drug-likeness (QED) is 0.409. The van der Waals surface area contributed by atoms with Crippen LogP contribution in [0, 0.1) is 0 Å². The van der Waals surface area contributed by atoms with E-state index in [1.54, 1.807) is 0 Å². The molecule has 0 nitrogen and oxygen atoms in total. The zero-order valence-electron chi connectivity index (χ0n) is 6.21. The third-order valence-corrected chi connectivity index (χ3v) is 1.37. The second-order valence-electron chi connectivity index (χ2n) is 2.14. The van der Waals surface area contributed by atoms with Gasteiger partial charge in [-0.2, -0.15) is 0 Å². The molecule has 11 heavy (non-hydrogen) atoms. The normalized spacial score (nSPS) is 20.4. The molecule has 68 valence electrons. The predicted octanol–water partition coefficient (Wildman–Crippen LogP) is -3.32. The Morgan fingerprint density at radius 3 is 1.45 bits per heavy atom. The molecule has 0 fully saturated rings. The SMILES string of the molecule is C1=C\CCCC\C=C/1.[Cl-].[Cl-].[Pd+2]. The van der Waals surface area contributed by atoms with Crippen molar-refractivity contribution >= 4 is 0 Å². The van der Waals surface area contributed by atoms with Crippen LogP contribution in [0.2, 0.25) is 0 Å². The molecule has 1 rings (SSSR count). The smallest absolute Gasteiger partial charge is 1.00 e. The Bertz CT molecular complexity index is 96.7. The van der Waals surface area contributed by atoms with Crippen molar-refractivity contribution in [3.63, 3.8) is 0 Å². The molecule has 0 aromatic rings. The van der Waals surface area contributed by atoms with Crippen LogP contribution in [0.15, 0.2) is 24.3 Å². The molecule has 0 amide bonds. The van der Waals surface area contributed by atoms with E-state index in [0.717, 1.165) is 0 Å². The Labute approximate surface area is 95.0 Å². The maximum atomic E-state index is 2.23. The molecule has 0 atom stereocenters. The van der Waals surface area contributed by atoms with Crippen molar-refractivity contribution < 1.29 is 45.2 Å². The van der Waals surface area contributed by atoms with Crippen molar-refractivity contribution in [2.75, 3.05) is 0 Å². The first-order valence-corrected chi connectivity index (χ1v) is 3.32. The predicted molar refractivity (Wildman–Crippen MR) is 36.7 cm³/mol. The Balaban J connectivity index is -0.000000213. The molecule has 0 saturated carbocycles. The fourth-order valence-electron chi connectivity index (χ4n) is 0.874. The fraction of sp³-hybridized carbons (Fsp3) is 0.500. The van der Waals surface area contributed by atoms with Crippen LogP contribution in [-0.4, -0.2) is 0 Å². The number of hydrogen-bond acceptors (Lipinski definition) is 0. The van der Waals surface area contributed by atoms with Gasteiger partial charge in [-0.15, -0.1) is 0 Å². The summed E-state index contributed by atoms with van der Waals surface area (Å²) in [5.41, 5.74) is 0. The second-order valence-corrected chi connectivity index (χ2v) is 2.14. The Kier molecular flexibility index (Phi) is 21.5. The zero-order chi connectivity index (χ0) is 5.66. The molecule has 1 aliphatic rings. The Morgan fingerprint density at radius 1 is 0.727 bits per heavy atom. The number of allylic oxidation sites excluding steroid dienone is 4. The summed E-state index contributed by atoms with van der Waals surface area (Å²) in [4.78, 5) is 0. The first-order valence-electron chi connectivity index (χ1n) is 3.32. The summed E-state index contributed by atoms with van der Waals surface area (Å²) in [6.07, 6.45) is 14.0. The molecule has 3 heteroatoms. The van der Waals surface area contributed by atoms with Crippen molar-refractivity contribution in [3.05, 3.63) is 24.3 Å². The molecule has 0 saturated heterocycles. The molecule has 0 aromatic heterocycles. The molecule has 1 aliphatic carbocycles. The van der Waals surface area contributed by atoms with E-state index < -0.39 is 0 Å². The van der Waals surface area contributed by atoms with Crippen LogP contribution in [0.3, 0.4) is 0 Å². The second kappa shape index (κ2) is 13.3. The Morgan fingerprint density at radius 2 is 1.09 bits per heavy atom. The summed E-state index contributed by atoms with van der Waals surface area (Å²) >= 11 is 0. The van der Waals surface area contributed by atoms with Gasteiger partial charge < -0.3 is 24.8 Å². The molecule has 0 aliphatic heterocycles. The van der Waals surface area contributed by atoms with E-state index in [0.29, 0.717) is 0 Å². The summed E-state index contributed by atoms with van der Waals surface area (Å²) in [7, 11) is 0. The van der Waals surface area contributed by atoms with E-state index in [1.165, 1.54) is 25.7 Å². The average molecular weight is 286 g/mol. The van der Waals surface area contributed by atoms with Crippen molar-refractivity contribution in [1.82, 2.24) is 0 Å². The minimum absolute atomic E-state index is 0. The Hall–Kier alpha value is 0.722. The molecular formula is C8H12Cl2Pd. The van der Waals surface area contributed by atoms with E-state index in [-0.39, 0.29) is 45.2 Å². The standard InChI is InChI=1S/C8H12.2ClH.Pd/c1-2-4-6-8-7-5-3-1;;;/h1-4H,5-8H2;2*1H;/q;;;+2/p-2/b3-1-,4-2-;;;. The van der Waals surface area contributed by atoms with Crippen LogP contribution in [0.5, 0.6) is 0 Å². The largest absolute Gasteiger partial charge is 2.00 e. The third kappa shape index (κ3) is 10.7. The van der Waals surface area contributed by atoms with Crippen molar-refractivity contribution in [2.45, 2.75) is 25.7 Å². The van der Waals surface area contributed by atoms with Gasteiger partial charge in [0.25, 0.3) is 0 Å². The first-order chi connectivity index (χ1) is 4.00. The summed E-state index contributed by atoms with van der Waals surface area (Å²) in [5, 5.41) is 0. The van der Waals surface area contributed by atoms with Crippen LogP contribution >= 0.6 is 0 Å². The van der Waals surface area contributed by atoms with Crippen molar-refractivity contribution in [1.29, 1.82) is 0 Å². The molecule has 0 unspecified atom stereocenters. The first kappa shape index (κ1) is 17.7. The van der Waals surface area contributed by atoms with Gasteiger partial charge in [-0.25, -0.2) is 0 Å². The number of hydrogen-bond donors (Lipinski definition) is 0. The summed E-state index contributed by atoms with van der Waals surface area (Å²) in [6.45, 7) is 0. The van der Waals surface area contributed by atoms with Crippen LogP contribution in [0.25, 0.3) is 0 Å². The van der Waals surface area contributed by atoms with Crippen LogP contribution in [-0.2, 0) is 20.4 Å². The van der Waals surface area contributed by atoms with Crippen LogP contribution in [0.1, 0.15) is 25.7 Å². The minimum atomic E-state index is 0. The van der Waals surface area contributed by atoms with Crippen molar-refractivity contribution in [3.8, 4) is 0 Å². The monoisotopic (exact) mass is 284 g/mol. The maximum Gasteiger partial charge on any atom is 2.00 e. The minimum Gasteiger partial charge on any atom is -1.00 e. The summed E-state index contributed by atoms with van der Waals surface area (Å²) in [6, 6.07) is 0.